The lowest BCUT2D eigenvalue weighted by Gasteiger charge is -1.95. The van der Waals surface area contributed by atoms with Crippen LogP contribution in [0, 0.1) is 0 Å². The molecule has 0 saturated heterocycles. The standard InChI is InChI=1S/C6H9N3O2S/c1-2-3-4-5(6(10)8-11)12-9-7-4/h11H,2-3H2,1H3,(H,8,10). The van der Waals surface area contributed by atoms with Gasteiger partial charge >= 0.3 is 0 Å². The number of amides is 1. The third-order valence-electron chi connectivity index (χ3n) is 1.35. The summed E-state index contributed by atoms with van der Waals surface area (Å²) in [4.78, 5) is 11.3. The Balaban J connectivity index is 2.83. The summed E-state index contributed by atoms with van der Waals surface area (Å²) in [5.74, 6) is -0.534. The normalized spacial score (nSPS) is 9.83. The smallest absolute Gasteiger partial charge is 0.288 e. The van der Waals surface area contributed by atoms with E-state index in [0.717, 1.165) is 18.0 Å². The quantitative estimate of drug-likeness (QED) is 0.537. The molecule has 0 fully saturated rings. The van der Waals surface area contributed by atoms with Crippen molar-refractivity contribution >= 4 is 17.4 Å². The molecule has 0 aliphatic carbocycles. The molecule has 0 spiro atoms. The zero-order valence-corrected chi connectivity index (χ0v) is 7.39. The monoisotopic (exact) mass is 187 g/mol. The van der Waals surface area contributed by atoms with Crippen molar-refractivity contribution in [2.75, 3.05) is 0 Å². The highest BCUT2D eigenvalue weighted by molar-refractivity contribution is 7.07. The number of rotatable bonds is 3. The zero-order chi connectivity index (χ0) is 8.97. The predicted octanol–water partition coefficient (Wildman–Crippen LogP) is 0.610. The molecule has 0 bridgehead atoms. The Kier molecular flexibility index (Phi) is 3.12. The largest absolute Gasteiger partial charge is 0.288 e. The first-order valence-corrected chi connectivity index (χ1v) is 4.32. The molecule has 1 aromatic heterocycles. The number of aromatic nitrogens is 2. The molecule has 0 radical (unpaired) electrons. The molecule has 0 saturated carbocycles. The van der Waals surface area contributed by atoms with Gasteiger partial charge in [0.05, 0.1) is 5.69 Å². The van der Waals surface area contributed by atoms with Crippen LogP contribution in [0.25, 0.3) is 0 Å². The van der Waals surface area contributed by atoms with Crippen molar-refractivity contribution in [3.05, 3.63) is 10.6 Å². The molecule has 0 aliphatic rings. The van der Waals surface area contributed by atoms with E-state index in [9.17, 15) is 4.79 Å². The van der Waals surface area contributed by atoms with Crippen LogP contribution in [0.15, 0.2) is 0 Å². The van der Waals surface area contributed by atoms with Gasteiger partial charge in [0, 0.05) is 0 Å². The molecule has 5 nitrogen and oxygen atoms in total. The molecule has 66 valence electrons. The summed E-state index contributed by atoms with van der Waals surface area (Å²) in [6, 6.07) is 0. The fraction of sp³-hybridized carbons (Fsp3) is 0.500. The van der Waals surface area contributed by atoms with Gasteiger partial charge in [-0.15, -0.1) is 5.10 Å². The first-order chi connectivity index (χ1) is 5.79. The van der Waals surface area contributed by atoms with Crippen LogP contribution in [-0.2, 0) is 6.42 Å². The zero-order valence-electron chi connectivity index (χ0n) is 6.57. The predicted molar refractivity (Wildman–Crippen MR) is 43.2 cm³/mol. The van der Waals surface area contributed by atoms with Crippen LogP contribution in [0.4, 0.5) is 0 Å². The Morgan fingerprint density at radius 1 is 1.75 bits per heavy atom. The van der Waals surface area contributed by atoms with Gasteiger partial charge < -0.3 is 0 Å². The van der Waals surface area contributed by atoms with Crippen molar-refractivity contribution in [3.8, 4) is 0 Å². The molecule has 0 aliphatic heterocycles. The number of nitrogens with zero attached hydrogens (tertiary/aromatic N) is 2. The fourth-order valence-electron chi connectivity index (χ4n) is 0.832. The third-order valence-corrected chi connectivity index (χ3v) is 2.12. The van der Waals surface area contributed by atoms with E-state index in [1.54, 1.807) is 5.48 Å². The molecular weight excluding hydrogens is 178 g/mol. The van der Waals surface area contributed by atoms with Gasteiger partial charge in [0.15, 0.2) is 0 Å². The van der Waals surface area contributed by atoms with Crippen molar-refractivity contribution in [1.82, 2.24) is 15.1 Å². The average molecular weight is 187 g/mol. The topological polar surface area (TPSA) is 75.1 Å². The van der Waals surface area contributed by atoms with Gasteiger partial charge in [-0.05, 0) is 18.0 Å². The summed E-state index contributed by atoms with van der Waals surface area (Å²) < 4.78 is 3.63. The van der Waals surface area contributed by atoms with Crippen LogP contribution in [0.2, 0.25) is 0 Å². The van der Waals surface area contributed by atoms with E-state index in [1.165, 1.54) is 0 Å². The number of carbonyl (C=O) groups is 1. The van der Waals surface area contributed by atoms with Crippen LogP contribution in [0.5, 0.6) is 0 Å². The maximum atomic E-state index is 10.9. The lowest BCUT2D eigenvalue weighted by atomic mass is 10.2. The highest BCUT2D eigenvalue weighted by atomic mass is 32.1. The minimum atomic E-state index is -0.534. The highest BCUT2D eigenvalue weighted by Crippen LogP contribution is 2.11. The van der Waals surface area contributed by atoms with E-state index < -0.39 is 5.91 Å². The number of carbonyl (C=O) groups excluding carboxylic acids is 1. The van der Waals surface area contributed by atoms with Crippen LogP contribution >= 0.6 is 11.5 Å². The molecule has 1 aromatic rings. The van der Waals surface area contributed by atoms with E-state index in [2.05, 4.69) is 9.59 Å². The Labute approximate surface area is 73.5 Å². The van der Waals surface area contributed by atoms with E-state index in [4.69, 9.17) is 5.21 Å². The minimum Gasteiger partial charge on any atom is -0.288 e. The number of hydrogen-bond donors (Lipinski definition) is 2. The molecule has 0 unspecified atom stereocenters. The second-order valence-electron chi connectivity index (χ2n) is 2.24. The van der Waals surface area contributed by atoms with Gasteiger partial charge in [-0.2, -0.15) is 0 Å². The first-order valence-electron chi connectivity index (χ1n) is 3.55. The fourth-order valence-corrected chi connectivity index (χ4v) is 1.43. The maximum absolute atomic E-state index is 10.9. The second-order valence-corrected chi connectivity index (χ2v) is 2.99. The van der Waals surface area contributed by atoms with Gasteiger partial charge in [0.1, 0.15) is 4.88 Å². The Morgan fingerprint density at radius 2 is 2.50 bits per heavy atom. The van der Waals surface area contributed by atoms with Crippen LogP contribution in [-0.4, -0.2) is 20.7 Å². The molecule has 0 atom stereocenters. The Bertz CT molecular complexity index is 274. The van der Waals surface area contributed by atoms with Crippen LogP contribution < -0.4 is 5.48 Å². The minimum absolute atomic E-state index is 0.388. The number of nitrogens with one attached hydrogen (secondary N) is 1. The Hall–Kier alpha value is -1.01. The third kappa shape index (κ3) is 1.77. The van der Waals surface area contributed by atoms with Crippen molar-refractivity contribution in [2.24, 2.45) is 0 Å². The maximum Gasteiger partial charge on any atom is 0.288 e. The van der Waals surface area contributed by atoms with Crippen LogP contribution in [0.1, 0.15) is 28.7 Å². The van der Waals surface area contributed by atoms with Crippen molar-refractivity contribution in [3.63, 3.8) is 0 Å². The van der Waals surface area contributed by atoms with Crippen LogP contribution in [0.3, 0.4) is 0 Å². The molecule has 2 N–H and O–H groups in total. The number of aryl methyl sites for hydroxylation is 1. The lowest BCUT2D eigenvalue weighted by molar-refractivity contribution is 0.0709. The summed E-state index contributed by atoms with van der Waals surface area (Å²) in [5.41, 5.74) is 2.20. The second kappa shape index (κ2) is 4.13. The van der Waals surface area contributed by atoms with E-state index in [1.807, 2.05) is 6.92 Å². The number of hydrogen-bond acceptors (Lipinski definition) is 5. The van der Waals surface area contributed by atoms with Crippen molar-refractivity contribution in [2.45, 2.75) is 19.8 Å². The molecule has 1 heterocycles. The van der Waals surface area contributed by atoms with Gasteiger partial charge in [0.2, 0.25) is 0 Å². The molecular formula is C6H9N3O2S. The molecule has 1 amide bonds. The average Bonchev–Trinajstić information content (AvgIpc) is 2.52. The van der Waals surface area contributed by atoms with Gasteiger partial charge in [-0.3, -0.25) is 10.0 Å². The van der Waals surface area contributed by atoms with Gasteiger partial charge in [0.25, 0.3) is 5.91 Å². The summed E-state index contributed by atoms with van der Waals surface area (Å²) >= 11 is 0.989. The van der Waals surface area contributed by atoms with Crippen molar-refractivity contribution < 1.29 is 10.0 Å². The first kappa shape index (κ1) is 9.08. The molecule has 1 rings (SSSR count). The summed E-state index contributed by atoms with van der Waals surface area (Å²) in [6.45, 7) is 1.99. The van der Waals surface area contributed by atoms with Gasteiger partial charge in [-0.1, -0.05) is 17.8 Å². The van der Waals surface area contributed by atoms with Gasteiger partial charge in [-0.25, -0.2) is 5.48 Å². The van der Waals surface area contributed by atoms with E-state index in [-0.39, 0.29) is 0 Å². The van der Waals surface area contributed by atoms with E-state index in [0.29, 0.717) is 17.0 Å². The summed E-state index contributed by atoms with van der Waals surface area (Å²) in [7, 11) is 0. The summed E-state index contributed by atoms with van der Waals surface area (Å²) in [5, 5.41) is 12.1. The Morgan fingerprint density at radius 3 is 3.08 bits per heavy atom. The number of hydroxylamine groups is 1. The molecule has 6 heteroatoms. The van der Waals surface area contributed by atoms with E-state index >= 15 is 0 Å². The lowest BCUT2D eigenvalue weighted by Crippen LogP contribution is -2.18. The SMILES string of the molecule is CCCc1nnsc1C(=O)NO. The molecule has 0 aromatic carbocycles. The highest BCUT2D eigenvalue weighted by Gasteiger charge is 2.14. The van der Waals surface area contributed by atoms with Crippen molar-refractivity contribution in [1.29, 1.82) is 0 Å². The summed E-state index contributed by atoms with van der Waals surface area (Å²) in [6.07, 6.45) is 1.61. The molecule has 12 heavy (non-hydrogen) atoms.